The topological polar surface area (TPSA) is 47.7 Å². The molecule has 92 valence electrons. The predicted octanol–water partition coefficient (Wildman–Crippen LogP) is 1.14. The van der Waals surface area contributed by atoms with Gasteiger partial charge < -0.3 is 9.88 Å². The van der Waals surface area contributed by atoms with Crippen LogP contribution in [0.1, 0.15) is 11.5 Å². The second-order valence-corrected chi connectivity index (χ2v) is 4.32. The van der Waals surface area contributed by atoms with Gasteiger partial charge in [-0.05, 0) is 6.07 Å². The first-order valence-electron chi connectivity index (χ1n) is 5.52. The average Bonchev–Trinajstić information content (AvgIpc) is 2.85. The quantitative estimate of drug-likeness (QED) is 0.813. The molecule has 0 saturated carbocycles. The van der Waals surface area contributed by atoms with Gasteiger partial charge in [0.1, 0.15) is 11.0 Å². The lowest BCUT2D eigenvalue weighted by Gasteiger charge is -2.05. The highest BCUT2D eigenvalue weighted by molar-refractivity contribution is 6.29. The molecule has 0 unspecified atom stereocenters. The lowest BCUT2D eigenvalue weighted by Crippen LogP contribution is -2.20. The SMILES string of the molecule is Cn1nccc1CCNCc1ncc(Cl)n1C. The molecular weight excluding hydrogens is 238 g/mol. The third-order valence-electron chi connectivity index (χ3n) is 2.79. The number of hydrogen-bond donors (Lipinski definition) is 1. The van der Waals surface area contributed by atoms with E-state index in [1.165, 1.54) is 5.69 Å². The number of nitrogens with zero attached hydrogens (tertiary/aromatic N) is 4. The summed E-state index contributed by atoms with van der Waals surface area (Å²) in [5, 5.41) is 8.12. The summed E-state index contributed by atoms with van der Waals surface area (Å²) in [4.78, 5) is 4.22. The third-order valence-corrected chi connectivity index (χ3v) is 3.14. The zero-order valence-corrected chi connectivity index (χ0v) is 10.8. The van der Waals surface area contributed by atoms with Crippen LogP contribution in [0.15, 0.2) is 18.5 Å². The molecule has 2 rings (SSSR count). The molecule has 0 aromatic carbocycles. The van der Waals surface area contributed by atoms with E-state index in [1.807, 2.05) is 35.6 Å². The molecule has 2 heterocycles. The highest BCUT2D eigenvalue weighted by atomic mass is 35.5. The molecule has 0 spiro atoms. The van der Waals surface area contributed by atoms with Crippen molar-refractivity contribution in [2.75, 3.05) is 6.54 Å². The Labute approximate surface area is 105 Å². The molecule has 0 fully saturated rings. The number of imidazole rings is 1. The van der Waals surface area contributed by atoms with Crippen molar-refractivity contribution < 1.29 is 0 Å². The number of hydrogen-bond acceptors (Lipinski definition) is 3. The van der Waals surface area contributed by atoms with E-state index in [-0.39, 0.29) is 0 Å². The fourth-order valence-corrected chi connectivity index (χ4v) is 1.80. The molecule has 0 aliphatic heterocycles. The summed E-state index contributed by atoms with van der Waals surface area (Å²) < 4.78 is 3.76. The molecule has 0 radical (unpaired) electrons. The molecular formula is C11H16ClN5. The van der Waals surface area contributed by atoms with E-state index in [0.717, 1.165) is 25.3 Å². The van der Waals surface area contributed by atoms with Gasteiger partial charge in [-0.25, -0.2) is 4.98 Å². The van der Waals surface area contributed by atoms with Crippen LogP contribution in [-0.4, -0.2) is 25.9 Å². The van der Waals surface area contributed by atoms with Crippen LogP contribution in [-0.2, 0) is 27.1 Å². The highest BCUT2D eigenvalue weighted by Crippen LogP contribution is 2.08. The van der Waals surface area contributed by atoms with Crippen LogP contribution in [0.2, 0.25) is 5.15 Å². The van der Waals surface area contributed by atoms with E-state index in [4.69, 9.17) is 11.6 Å². The summed E-state index contributed by atoms with van der Waals surface area (Å²) >= 11 is 5.91. The van der Waals surface area contributed by atoms with E-state index in [0.29, 0.717) is 5.15 Å². The van der Waals surface area contributed by atoms with Crippen LogP contribution in [0.3, 0.4) is 0 Å². The first-order chi connectivity index (χ1) is 8.18. The van der Waals surface area contributed by atoms with Crippen molar-refractivity contribution in [3.63, 3.8) is 0 Å². The van der Waals surface area contributed by atoms with Crippen molar-refractivity contribution in [3.8, 4) is 0 Å². The van der Waals surface area contributed by atoms with E-state index >= 15 is 0 Å². The van der Waals surface area contributed by atoms with Crippen molar-refractivity contribution in [2.24, 2.45) is 14.1 Å². The van der Waals surface area contributed by atoms with Gasteiger partial charge in [-0.1, -0.05) is 11.6 Å². The highest BCUT2D eigenvalue weighted by Gasteiger charge is 2.03. The Morgan fingerprint density at radius 1 is 1.41 bits per heavy atom. The van der Waals surface area contributed by atoms with Gasteiger partial charge in [0, 0.05) is 39.0 Å². The van der Waals surface area contributed by atoms with Gasteiger partial charge in [0.25, 0.3) is 0 Å². The van der Waals surface area contributed by atoms with Gasteiger partial charge in [-0.2, -0.15) is 5.10 Å². The lowest BCUT2D eigenvalue weighted by molar-refractivity contribution is 0.615. The minimum atomic E-state index is 0.661. The summed E-state index contributed by atoms with van der Waals surface area (Å²) in [6, 6.07) is 2.03. The number of halogens is 1. The smallest absolute Gasteiger partial charge is 0.128 e. The molecule has 6 heteroatoms. The Morgan fingerprint density at radius 2 is 2.24 bits per heavy atom. The summed E-state index contributed by atoms with van der Waals surface area (Å²) in [5.41, 5.74) is 1.22. The molecule has 0 aliphatic rings. The monoisotopic (exact) mass is 253 g/mol. The summed E-state index contributed by atoms with van der Waals surface area (Å²) in [6.45, 7) is 1.62. The molecule has 0 amide bonds. The standard InChI is InChI=1S/C11H16ClN5/c1-16-10(12)7-14-11(16)8-13-5-3-9-4-6-15-17(9)2/h4,6-7,13H,3,5,8H2,1-2H3. The van der Waals surface area contributed by atoms with Crippen LogP contribution in [0.25, 0.3) is 0 Å². The van der Waals surface area contributed by atoms with Crippen molar-refractivity contribution >= 4 is 11.6 Å². The second kappa shape index (κ2) is 5.33. The first-order valence-corrected chi connectivity index (χ1v) is 5.90. The molecule has 0 saturated heterocycles. The van der Waals surface area contributed by atoms with Crippen LogP contribution in [0.5, 0.6) is 0 Å². The maximum atomic E-state index is 5.91. The summed E-state index contributed by atoms with van der Waals surface area (Å²) in [6.07, 6.45) is 4.43. The molecule has 2 aromatic rings. The Morgan fingerprint density at radius 3 is 2.82 bits per heavy atom. The van der Waals surface area contributed by atoms with Gasteiger partial charge in [0.2, 0.25) is 0 Å². The number of aryl methyl sites for hydroxylation is 1. The largest absolute Gasteiger partial charge is 0.321 e. The average molecular weight is 254 g/mol. The number of aromatic nitrogens is 4. The fourth-order valence-electron chi connectivity index (χ4n) is 1.65. The van der Waals surface area contributed by atoms with Crippen LogP contribution < -0.4 is 5.32 Å². The van der Waals surface area contributed by atoms with Crippen LogP contribution in [0, 0.1) is 0 Å². The molecule has 0 atom stereocenters. The van der Waals surface area contributed by atoms with Crippen LogP contribution >= 0.6 is 11.6 Å². The Balaban J connectivity index is 1.77. The van der Waals surface area contributed by atoms with Crippen molar-refractivity contribution in [2.45, 2.75) is 13.0 Å². The van der Waals surface area contributed by atoms with Crippen molar-refractivity contribution in [1.82, 2.24) is 24.6 Å². The summed E-state index contributed by atoms with van der Waals surface area (Å²) in [7, 11) is 3.86. The number of nitrogens with one attached hydrogen (secondary N) is 1. The van der Waals surface area contributed by atoms with Gasteiger partial charge >= 0.3 is 0 Å². The fraction of sp³-hybridized carbons (Fsp3) is 0.455. The third kappa shape index (κ3) is 2.87. The lowest BCUT2D eigenvalue weighted by atomic mass is 10.3. The second-order valence-electron chi connectivity index (χ2n) is 3.93. The van der Waals surface area contributed by atoms with Crippen molar-refractivity contribution in [3.05, 3.63) is 35.1 Å². The van der Waals surface area contributed by atoms with E-state index in [9.17, 15) is 0 Å². The van der Waals surface area contributed by atoms with Crippen LogP contribution in [0.4, 0.5) is 0 Å². The molecule has 1 N–H and O–H groups in total. The zero-order valence-electron chi connectivity index (χ0n) is 10.0. The van der Waals surface area contributed by atoms with Gasteiger partial charge in [0.15, 0.2) is 0 Å². The number of rotatable bonds is 5. The molecule has 0 aliphatic carbocycles. The molecule has 5 nitrogen and oxygen atoms in total. The Bertz CT molecular complexity index is 488. The Hall–Kier alpha value is -1.33. The van der Waals surface area contributed by atoms with E-state index in [2.05, 4.69) is 15.4 Å². The minimum Gasteiger partial charge on any atom is -0.321 e. The zero-order chi connectivity index (χ0) is 12.3. The molecule has 0 bridgehead atoms. The van der Waals surface area contributed by atoms with Gasteiger partial charge in [-0.15, -0.1) is 0 Å². The maximum absolute atomic E-state index is 5.91. The van der Waals surface area contributed by atoms with Gasteiger partial charge in [-0.3, -0.25) is 4.68 Å². The first kappa shape index (κ1) is 12.1. The Kier molecular flexibility index (Phi) is 3.81. The molecule has 2 aromatic heterocycles. The van der Waals surface area contributed by atoms with E-state index in [1.54, 1.807) is 6.20 Å². The molecule has 17 heavy (non-hydrogen) atoms. The predicted molar refractivity (Wildman–Crippen MR) is 66.8 cm³/mol. The normalized spacial score (nSPS) is 11.0. The maximum Gasteiger partial charge on any atom is 0.128 e. The minimum absolute atomic E-state index is 0.661. The van der Waals surface area contributed by atoms with Crippen molar-refractivity contribution in [1.29, 1.82) is 0 Å². The van der Waals surface area contributed by atoms with E-state index < -0.39 is 0 Å². The van der Waals surface area contributed by atoms with Gasteiger partial charge in [0.05, 0.1) is 12.7 Å². The summed E-state index contributed by atoms with van der Waals surface area (Å²) in [5.74, 6) is 0.944.